The molecule has 0 unspecified atom stereocenters. The highest BCUT2D eigenvalue weighted by molar-refractivity contribution is 5.98. The summed E-state index contributed by atoms with van der Waals surface area (Å²) in [6, 6.07) is 5.35. The van der Waals surface area contributed by atoms with Crippen molar-refractivity contribution in [1.29, 1.82) is 0 Å². The minimum absolute atomic E-state index is 0.179. The predicted molar refractivity (Wildman–Crippen MR) is 56.8 cm³/mol. The smallest absolute Gasteiger partial charge is 0.249 e. The highest BCUT2D eigenvalue weighted by atomic mass is 16.1. The van der Waals surface area contributed by atoms with Crippen LogP contribution in [0.3, 0.4) is 0 Å². The van der Waals surface area contributed by atoms with Gasteiger partial charge in [-0.25, -0.2) is 4.98 Å². The topological polar surface area (TPSA) is 42.0 Å². The minimum atomic E-state index is -0.179. The molecule has 0 saturated carbocycles. The molecule has 3 heteroatoms. The third kappa shape index (κ3) is 3.67. The fraction of sp³-hybridized carbons (Fsp3) is 0.0909. The summed E-state index contributed by atoms with van der Waals surface area (Å²) in [5, 5.41) is 2.63. The second kappa shape index (κ2) is 5.70. The molecule has 0 spiro atoms. The zero-order valence-electron chi connectivity index (χ0n) is 7.97. The van der Waals surface area contributed by atoms with Gasteiger partial charge in [-0.1, -0.05) is 24.3 Å². The summed E-state index contributed by atoms with van der Waals surface area (Å²) < 4.78 is 0. The van der Waals surface area contributed by atoms with Gasteiger partial charge in [0.15, 0.2) is 0 Å². The summed E-state index contributed by atoms with van der Waals surface area (Å²) in [4.78, 5) is 15.2. The summed E-state index contributed by atoms with van der Waals surface area (Å²) in [5.74, 6) is 0.379. The average Bonchev–Trinajstić information content (AvgIpc) is 2.20. The Morgan fingerprint density at radius 3 is 2.93 bits per heavy atom. The van der Waals surface area contributed by atoms with Crippen molar-refractivity contribution in [2.24, 2.45) is 0 Å². The molecule has 3 nitrogen and oxygen atoms in total. The van der Waals surface area contributed by atoms with E-state index >= 15 is 0 Å². The van der Waals surface area contributed by atoms with E-state index in [9.17, 15) is 4.79 Å². The normalized spacial score (nSPS) is 10.9. The summed E-state index contributed by atoms with van der Waals surface area (Å²) in [7, 11) is 0. The molecule has 72 valence electrons. The first-order chi connectivity index (χ1) is 6.83. The lowest BCUT2D eigenvalue weighted by molar-refractivity contribution is -0.111. The number of aromatic nitrogens is 1. The number of nitrogens with zero attached hydrogens (tertiary/aromatic N) is 1. The van der Waals surface area contributed by atoms with Crippen molar-refractivity contribution in [3.63, 3.8) is 0 Å². The molecule has 1 amide bonds. The van der Waals surface area contributed by atoms with E-state index < -0.39 is 0 Å². The van der Waals surface area contributed by atoms with Gasteiger partial charge in [0.1, 0.15) is 5.82 Å². The second-order valence-corrected chi connectivity index (χ2v) is 2.59. The highest BCUT2D eigenvalue weighted by Gasteiger charge is 1.95. The Morgan fingerprint density at radius 1 is 1.43 bits per heavy atom. The molecule has 0 aliphatic heterocycles. The SMILES string of the molecule is C/C=C/C=C/C(=O)Nc1ccccn1. The number of allylic oxidation sites excluding steroid dienone is 3. The van der Waals surface area contributed by atoms with E-state index in [2.05, 4.69) is 10.3 Å². The van der Waals surface area contributed by atoms with Gasteiger partial charge >= 0.3 is 0 Å². The van der Waals surface area contributed by atoms with Gasteiger partial charge in [-0.05, 0) is 19.1 Å². The zero-order valence-corrected chi connectivity index (χ0v) is 7.97. The van der Waals surface area contributed by atoms with E-state index in [-0.39, 0.29) is 5.91 Å². The molecule has 0 atom stereocenters. The minimum Gasteiger partial charge on any atom is -0.307 e. The van der Waals surface area contributed by atoms with Crippen LogP contribution in [0.1, 0.15) is 6.92 Å². The molecule has 0 saturated heterocycles. The monoisotopic (exact) mass is 188 g/mol. The van der Waals surface area contributed by atoms with Crippen molar-refractivity contribution in [3.05, 3.63) is 48.7 Å². The Labute approximate surface area is 83.2 Å². The van der Waals surface area contributed by atoms with Crippen LogP contribution >= 0.6 is 0 Å². The van der Waals surface area contributed by atoms with E-state index in [4.69, 9.17) is 0 Å². The fourth-order valence-electron chi connectivity index (χ4n) is 0.859. The molecule has 0 aliphatic carbocycles. The lowest BCUT2D eigenvalue weighted by Crippen LogP contribution is -2.08. The van der Waals surface area contributed by atoms with Gasteiger partial charge in [-0.2, -0.15) is 0 Å². The number of pyridine rings is 1. The number of nitrogens with one attached hydrogen (secondary N) is 1. The van der Waals surface area contributed by atoms with Gasteiger partial charge in [0.2, 0.25) is 5.91 Å². The molecule has 0 aliphatic rings. The Morgan fingerprint density at radius 2 is 2.29 bits per heavy atom. The Balaban J connectivity index is 2.50. The average molecular weight is 188 g/mol. The van der Waals surface area contributed by atoms with Crippen LogP contribution in [-0.4, -0.2) is 10.9 Å². The Hall–Kier alpha value is -1.90. The second-order valence-electron chi connectivity index (χ2n) is 2.59. The molecule has 0 bridgehead atoms. The van der Waals surface area contributed by atoms with Gasteiger partial charge in [0.25, 0.3) is 0 Å². The number of amides is 1. The predicted octanol–water partition coefficient (Wildman–Crippen LogP) is 2.15. The van der Waals surface area contributed by atoms with Crippen LogP contribution in [0.4, 0.5) is 5.82 Å². The van der Waals surface area contributed by atoms with E-state index in [0.717, 1.165) is 0 Å². The van der Waals surface area contributed by atoms with Crippen molar-refractivity contribution >= 4 is 11.7 Å². The first kappa shape index (κ1) is 10.2. The van der Waals surface area contributed by atoms with E-state index in [1.165, 1.54) is 6.08 Å². The first-order valence-corrected chi connectivity index (χ1v) is 4.34. The quantitative estimate of drug-likeness (QED) is 0.583. The Bertz CT molecular complexity index is 342. The number of carbonyl (C=O) groups excluding carboxylic acids is 1. The molecule has 0 radical (unpaired) electrons. The highest BCUT2D eigenvalue weighted by Crippen LogP contribution is 1.99. The standard InChI is InChI=1S/C11H12N2O/c1-2-3-4-8-11(14)13-10-7-5-6-9-12-10/h2-9H,1H3,(H,12,13,14)/b3-2+,8-4+. The molecule has 1 rings (SSSR count). The lowest BCUT2D eigenvalue weighted by atomic mass is 10.4. The van der Waals surface area contributed by atoms with E-state index in [1.54, 1.807) is 30.5 Å². The maximum atomic E-state index is 11.2. The number of carbonyl (C=O) groups is 1. The van der Waals surface area contributed by atoms with E-state index in [0.29, 0.717) is 5.82 Å². The maximum absolute atomic E-state index is 11.2. The van der Waals surface area contributed by atoms with Crippen molar-refractivity contribution in [3.8, 4) is 0 Å². The largest absolute Gasteiger partial charge is 0.307 e. The van der Waals surface area contributed by atoms with Gasteiger partial charge in [-0.3, -0.25) is 4.79 Å². The van der Waals surface area contributed by atoms with Crippen molar-refractivity contribution in [1.82, 2.24) is 4.98 Å². The third-order valence-corrected chi connectivity index (χ3v) is 1.47. The van der Waals surface area contributed by atoms with Gasteiger partial charge in [-0.15, -0.1) is 0 Å². The maximum Gasteiger partial charge on any atom is 0.249 e. The molecule has 0 aromatic carbocycles. The first-order valence-electron chi connectivity index (χ1n) is 4.34. The zero-order chi connectivity index (χ0) is 10.2. The summed E-state index contributed by atoms with van der Waals surface area (Å²) in [6.07, 6.45) is 8.40. The van der Waals surface area contributed by atoms with Crippen LogP contribution in [0.5, 0.6) is 0 Å². The molecule has 1 heterocycles. The Kier molecular flexibility index (Phi) is 4.14. The molecule has 1 aromatic heterocycles. The van der Waals surface area contributed by atoms with Crippen LogP contribution in [0.15, 0.2) is 48.7 Å². The molecule has 0 fully saturated rings. The molecule has 14 heavy (non-hydrogen) atoms. The molecule has 1 aromatic rings. The summed E-state index contributed by atoms with van der Waals surface area (Å²) in [5.41, 5.74) is 0. The molecular formula is C11H12N2O. The van der Waals surface area contributed by atoms with Crippen LogP contribution in [0, 0.1) is 0 Å². The van der Waals surface area contributed by atoms with Crippen LogP contribution in [0.25, 0.3) is 0 Å². The van der Waals surface area contributed by atoms with Gasteiger partial charge in [0, 0.05) is 12.3 Å². The third-order valence-electron chi connectivity index (χ3n) is 1.47. The van der Waals surface area contributed by atoms with Crippen molar-refractivity contribution < 1.29 is 4.79 Å². The van der Waals surface area contributed by atoms with Crippen LogP contribution in [-0.2, 0) is 4.79 Å². The number of hydrogen-bond acceptors (Lipinski definition) is 2. The summed E-state index contributed by atoms with van der Waals surface area (Å²) >= 11 is 0. The van der Waals surface area contributed by atoms with Crippen LogP contribution < -0.4 is 5.32 Å². The van der Waals surface area contributed by atoms with Crippen molar-refractivity contribution in [2.75, 3.05) is 5.32 Å². The van der Waals surface area contributed by atoms with Gasteiger partial charge in [0.05, 0.1) is 0 Å². The lowest BCUT2D eigenvalue weighted by Gasteiger charge is -1.98. The van der Waals surface area contributed by atoms with Crippen LogP contribution in [0.2, 0.25) is 0 Å². The fourth-order valence-corrected chi connectivity index (χ4v) is 0.859. The molecule has 1 N–H and O–H groups in total. The molecular weight excluding hydrogens is 176 g/mol. The number of rotatable bonds is 3. The van der Waals surface area contributed by atoms with E-state index in [1.807, 2.05) is 19.1 Å². The number of hydrogen-bond donors (Lipinski definition) is 1. The van der Waals surface area contributed by atoms with Gasteiger partial charge < -0.3 is 5.32 Å². The summed E-state index contributed by atoms with van der Waals surface area (Å²) in [6.45, 7) is 1.89. The number of anilines is 1. The van der Waals surface area contributed by atoms with Crippen molar-refractivity contribution in [2.45, 2.75) is 6.92 Å².